The molecule has 0 radical (unpaired) electrons. The van der Waals surface area contributed by atoms with Gasteiger partial charge < -0.3 is 9.64 Å². The van der Waals surface area contributed by atoms with Gasteiger partial charge in [-0.25, -0.2) is 0 Å². The van der Waals surface area contributed by atoms with Crippen LogP contribution in [-0.2, 0) is 22.4 Å². The third-order valence-electron chi connectivity index (χ3n) is 6.24. The summed E-state index contributed by atoms with van der Waals surface area (Å²) in [4.78, 5) is 26.3. The van der Waals surface area contributed by atoms with Crippen molar-refractivity contribution in [2.24, 2.45) is 16.2 Å². The molecule has 1 aliphatic heterocycles. The van der Waals surface area contributed by atoms with Crippen LogP contribution in [0.25, 0.3) is 10.4 Å². The minimum Gasteiger partial charge on any atom is -0.469 e. The predicted molar refractivity (Wildman–Crippen MR) is 131 cm³/mol. The van der Waals surface area contributed by atoms with Crippen LogP contribution in [0, 0.1) is 10.8 Å². The molecule has 1 saturated heterocycles. The van der Waals surface area contributed by atoms with Crippen molar-refractivity contribution in [3.05, 3.63) is 45.2 Å². The van der Waals surface area contributed by atoms with Crippen molar-refractivity contribution in [1.29, 1.82) is 0 Å². The Hall–Kier alpha value is -2.65. The van der Waals surface area contributed by atoms with E-state index in [-0.39, 0.29) is 11.9 Å². The van der Waals surface area contributed by atoms with Crippen molar-refractivity contribution >= 4 is 46.0 Å². The maximum atomic E-state index is 11.7. The number of nitroso groups, excluding NO2 is 1. The molecule has 1 aliphatic carbocycles. The monoisotopic (exact) mass is 470 g/mol. The molecule has 2 aliphatic rings. The molecule has 0 unspecified atom stereocenters. The molecule has 2 aromatic rings. The van der Waals surface area contributed by atoms with E-state index in [1.807, 2.05) is 17.2 Å². The lowest BCUT2D eigenvalue weighted by Gasteiger charge is -2.31. The maximum absolute atomic E-state index is 11.7. The number of likely N-dealkylation sites (tertiary alicyclic amines) is 1. The van der Waals surface area contributed by atoms with Gasteiger partial charge in [-0.2, -0.15) is 5.10 Å². The van der Waals surface area contributed by atoms with Gasteiger partial charge in [0.2, 0.25) is 0 Å². The van der Waals surface area contributed by atoms with Crippen LogP contribution in [0.3, 0.4) is 0 Å². The van der Waals surface area contributed by atoms with Gasteiger partial charge in [0.25, 0.3) is 0 Å². The molecule has 0 amide bonds. The van der Waals surface area contributed by atoms with Crippen molar-refractivity contribution in [2.75, 3.05) is 20.2 Å². The highest BCUT2D eigenvalue weighted by Crippen LogP contribution is 2.41. The summed E-state index contributed by atoms with van der Waals surface area (Å²) >= 11 is 6.98. The molecule has 0 bridgehead atoms. The number of ether oxygens (including phenoxy) is 1. The lowest BCUT2D eigenvalue weighted by molar-refractivity contribution is -0.146. The normalized spacial score (nSPS) is 16.6. The number of piperidine rings is 1. The fourth-order valence-electron chi connectivity index (χ4n) is 4.36. The quantitative estimate of drug-likeness (QED) is 0.223. The number of hydrogen-bond donors (Lipinski definition) is 1. The van der Waals surface area contributed by atoms with Crippen LogP contribution >= 0.6 is 23.6 Å². The second kappa shape index (κ2) is 9.87. The lowest BCUT2D eigenvalue weighted by Crippen LogP contribution is -2.44. The van der Waals surface area contributed by atoms with Crippen LogP contribution in [0.1, 0.15) is 42.9 Å². The van der Waals surface area contributed by atoms with E-state index in [4.69, 9.17) is 17.0 Å². The van der Waals surface area contributed by atoms with Crippen LogP contribution in [0.5, 0.6) is 0 Å². The van der Waals surface area contributed by atoms with E-state index in [0.29, 0.717) is 48.0 Å². The van der Waals surface area contributed by atoms with Gasteiger partial charge in [-0.3, -0.25) is 10.2 Å². The Morgan fingerprint density at radius 2 is 2.00 bits per heavy atom. The smallest absolute Gasteiger partial charge is 0.308 e. The third-order valence-corrected chi connectivity index (χ3v) is 7.61. The molecule has 32 heavy (non-hydrogen) atoms. The second-order valence-corrected chi connectivity index (χ2v) is 9.42. The summed E-state index contributed by atoms with van der Waals surface area (Å²) in [5.41, 5.74) is 8.50. The zero-order chi connectivity index (χ0) is 22.7. The summed E-state index contributed by atoms with van der Waals surface area (Å²) in [7, 11) is 1.42. The zero-order valence-electron chi connectivity index (χ0n) is 18.2. The number of fused-ring (bicyclic) bond motifs is 1. The number of hydrogen-bond acceptors (Lipinski definition) is 7. The van der Waals surface area contributed by atoms with Gasteiger partial charge in [-0.1, -0.05) is 12.1 Å². The molecular weight excluding hydrogens is 444 g/mol. The molecule has 1 fully saturated rings. The number of thiophene rings is 1. The minimum absolute atomic E-state index is 0.0750. The molecule has 1 aromatic carbocycles. The van der Waals surface area contributed by atoms with Gasteiger partial charge in [-0.15, -0.1) is 16.2 Å². The predicted octanol–water partition coefficient (Wildman–Crippen LogP) is 4.79. The Morgan fingerprint density at radius 1 is 1.25 bits per heavy atom. The minimum atomic E-state index is -0.164. The van der Waals surface area contributed by atoms with E-state index in [1.165, 1.54) is 36.0 Å². The summed E-state index contributed by atoms with van der Waals surface area (Å²) in [6.45, 7) is 3.17. The molecule has 9 heteroatoms. The zero-order valence-corrected chi connectivity index (χ0v) is 19.9. The Bertz CT molecular complexity index is 1070. The van der Waals surface area contributed by atoms with Crippen molar-refractivity contribution in [3.8, 4) is 10.4 Å². The highest BCUT2D eigenvalue weighted by Gasteiger charge is 2.26. The molecule has 4 rings (SSSR count). The Morgan fingerprint density at radius 3 is 2.72 bits per heavy atom. The fourth-order valence-corrected chi connectivity index (χ4v) is 5.63. The summed E-state index contributed by atoms with van der Waals surface area (Å²) in [6.07, 6.45) is 4.80. The van der Waals surface area contributed by atoms with Crippen LogP contribution in [-0.4, -0.2) is 41.9 Å². The molecule has 0 saturated carbocycles. The second-order valence-electron chi connectivity index (χ2n) is 8.15. The van der Waals surface area contributed by atoms with Gasteiger partial charge in [0.1, 0.15) is 5.69 Å². The van der Waals surface area contributed by atoms with Crippen molar-refractivity contribution in [2.45, 2.75) is 39.0 Å². The third kappa shape index (κ3) is 4.59. The van der Waals surface area contributed by atoms with Crippen molar-refractivity contribution < 1.29 is 9.53 Å². The average Bonchev–Trinajstić information content (AvgIpc) is 3.48. The van der Waals surface area contributed by atoms with E-state index in [1.54, 1.807) is 0 Å². The van der Waals surface area contributed by atoms with Crippen molar-refractivity contribution in [1.82, 2.24) is 10.3 Å². The number of aryl methyl sites for hydroxylation is 2. The van der Waals surface area contributed by atoms with Crippen molar-refractivity contribution in [3.63, 3.8) is 0 Å². The highest BCUT2D eigenvalue weighted by molar-refractivity contribution is 7.80. The Balaban J connectivity index is 1.44. The van der Waals surface area contributed by atoms with Gasteiger partial charge >= 0.3 is 5.97 Å². The molecule has 1 aromatic heterocycles. The first-order chi connectivity index (χ1) is 15.5. The first-order valence-corrected chi connectivity index (χ1v) is 12.0. The summed E-state index contributed by atoms with van der Waals surface area (Å²) < 4.78 is 4.83. The number of thiocarbonyl (C=S) groups is 1. The van der Waals surface area contributed by atoms with Gasteiger partial charge in [-0.05, 0) is 79.2 Å². The first-order valence-electron chi connectivity index (χ1n) is 10.8. The van der Waals surface area contributed by atoms with E-state index in [2.05, 4.69) is 33.9 Å². The van der Waals surface area contributed by atoms with E-state index in [0.717, 1.165) is 23.3 Å². The van der Waals surface area contributed by atoms with Crippen LogP contribution in [0.4, 0.5) is 5.69 Å². The number of nitrogens with one attached hydrogen (secondary N) is 1. The van der Waals surface area contributed by atoms with Crippen LogP contribution in [0.15, 0.2) is 33.9 Å². The van der Waals surface area contributed by atoms with E-state index >= 15 is 0 Å². The van der Waals surface area contributed by atoms with E-state index < -0.39 is 0 Å². The summed E-state index contributed by atoms with van der Waals surface area (Å²) in [5, 5.41) is 10.2. The summed E-state index contributed by atoms with van der Waals surface area (Å²) in [6, 6.07) is 6.42. The lowest BCUT2D eigenvalue weighted by atomic mass is 9.97. The molecule has 2 heterocycles. The molecule has 0 atom stereocenters. The van der Waals surface area contributed by atoms with Crippen LogP contribution < -0.4 is 5.43 Å². The van der Waals surface area contributed by atoms with Gasteiger partial charge in [0, 0.05) is 24.0 Å². The number of esters is 1. The SMILES string of the molecule is COC(=O)C1CCN(C(=S)N/N=C(\C)c2csc(-c3ccc4c(c3)CCC4)c2N=O)CC1. The summed E-state index contributed by atoms with van der Waals surface area (Å²) in [5.74, 6) is -0.239. The van der Waals surface area contributed by atoms with Gasteiger partial charge in [0.05, 0.1) is 23.6 Å². The molecule has 1 N–H and O–H groups in total. The number of carbonyl (C=O) groups excluding carboxylic acids is 1. The van der Waals surface area contributed by atoms with Crippen LogP contribution in [0.2, 0.25) is 0 Å². The topological polar surface area (TPSA) is 83.4 Å². The number of rotatable bonds is 5. The number of benzene rings is 1. The Labute approximate surface area is 196 Å². The Kier molecular flexibility index (Phi) is 6.95. The molecule has 168 valence electrons. The standard InChI is InChI=1S/C23H26N4O3S2/c1-14(24-25-23(31)27-10-8-16(9-11-27)22(28)30-2)19-13-32-21(20(19)26-29)18-7-6-15-4-3-5-17(15)12-18/h6-7,12-13,16H,3-5,8-11H2,1-2H3,(H,25,31)/b24-14+. The molecule has 7 nitrogen and oxygen atoms in total. The molecular formula is C23H26N4O3S2. The number of methoxy groups -OCH3 is 1. The maximum Gasteiger partial charge on any atom is 0.308 e. The highest BCUT2D eigenvalue weighted by atomic mass is 32.1. The number of nitrogens with zero attached hydrogens (tertiary/aromatic N) is 3. The first kappa shape index (κ1) is 22.5. The van der Waals surface area contributed by atoms with Gasteiger partial charge in [0.15, 0.2) is 5.11 Å². The molecule has 0 spiro atoms. The fraction of sp³-hybridized carbons (Fsp3) is 0.435. The average molecular weight is 471 g/mol. The number of hydrazone groups is 1. The number of carbonyl (C=O) groups is 1. The largest absolute Gasteiger partial charge is 0.469 e. The van der Waals surface area contributed by atoms with E-state index in [9.17, 15) is 9.70 Å².